The zero-order valence-corrected chi connectivity index (χ0v) is 25.2. The second-order valence-electron chi connectivity index (χ2n) is 10.2. The lowest BCUT2D eigenvalue weighted by atomic mass is 10.0. The van der Waals surface area contributed by atoms with E-state index in [1.54, 1.807) is 0 Å². The Hall–Kier alpha value is -3.80. The van der Waals surface area contributed by atoms with Crippen molar-refractivity contribution >= 4 is 28.9 Å². The molecule has 0 saturated heterocycles. The van der Waals surface area contributed by atoms with Crippen LogP contribution in [0.3, 0.4) is 0 Å². The number of hydrogen-bond donors (Lipinski definition) is 4. The summed E-state index contributed by atoms with van der Waals surface area (Å²) in [6.07, 6.45) is 11.6. The Morgan fingerprint density at radius 3 is 2.17 bits per heavy atom. The fraction of sp³-hybridized carbons (Fsp3) is 0.412. The number of rotatable bonds is 11. The largest absolute Gasteiger partial charge is 0.383 e. The van der Waals surface area contributed by atoms with E-state index in [2.05, 4.69) is 92.3 Å². The first-order chi connectivity index (χ1) is 19.3. The fourth-order valence-electron chi connectivity index (χ4n) is 4.19. The van der Waals surface area contributed by atoms with E-state index in [1.807, 2.05) is 37.3 Å². The highest BCUT2D eigenvalue weighted by atomic mass is 16.2. The Labute approximate surface area is 241 Å². The second kappa shape index (κ2) is 17.7. The fourth-order valence-corrected chi connectivity index (χ4v) is 4.19. The van der Waals surface area contributed by atoms with Gasteiger partial charge < -0.3 is 21.3 Å². The molecule has 0 bridgehead atoms. The molecule has 2 aromatic carbocycles. The number of carbonyl (C=O) groups excluding carboxylic acids is 2. The summed E-state index contributed by atoms with van der Waals surface area (Å²) < 4.78 is 0. The Morgan fingerprint density at radius 2 is 1.57 bits per heavy atom. The molecule has 0 aliphatic heterocycles. The molecule has 6 heteroatoms. The Morgan fingerprint density at radius 1 is 0.925 bits per heavy atom. The maximum Gasteiger partial charge on any atom is 0.323 e. The number of urea groups is 1. The third-order valence-corrected chi connectivity index (χ3v) is 6.52. The van der Waals surface area contributed by atoms with Gasteiger partial charge in [0.1, 0.15) is 0 Å². The molecule has 0 fully saturated rings. The van der Waals surface area contributed by atoms with Crippen LogP contribution in [0.5, 0.6) is 0 Å². The van der Waals surface area contributed by atoms with Gasteiger partial charge in [-0.1, -0.05) is 70.5 Å². The monoisotopic (exact) mass is 544 g/mol. The highest BCUT2D eigenvalue weighted by Gasteiger charge is 2.12. The summed E-state index contributed by atoms with van der Waals surface area (Å²) in [7, 11) is 0. The summed E-state index contributed by atoms with van der Waals surface area (Å²) in [4.78, 5) is 25.0. The van der Waals surface area contributed by atoms with Gasteiger partial charge >= 0.3 is 6.03 Å². The van der Waals surface area contributed by atoms with E-state index in [4.69, 9.17) is 0 Å². The topological polar surface area (TPSA) is 82.3 Å². The minimum absolute atomic E-state index is 0.0192. The number of carbonyl (C=O) groups is 2. The lowest BCUT2D eigenvalue weighted by Gasteiger charge is -2.19. The molecule has 3 rings (SSSR count). The summed E-state index contributed by atoms with van der Waals surface area (Å²) in [5.41, 5.74) is 7.15. The van der Waals surface area contributed by atoms with Gasteiger partial charge in [0.05, 0.1) is 6.42 Å². The average molecular weight is 545 g/mol. The maximum absolute atomic E-state index is 12.7. The smallest absolute Gasteiger partial charge is 0.323 e. The van der Waals surface area contributed by atoms with Gasteiger partial charge in [0.25, 0.3) is 0 Å². The molecule has 0 spiro atoms. The van der Waals surface area contributed by atoms with E-state index in [0.717, 1.165) is 42.6 Å². The van der Waals surface area contributed by atoms with E-state index in [0.29, 0.717) is 12.2 Å². The van der Waals surface area contributed by atoms with Crippen molar-refractivity contribution in [2.24, 2.45) is 0 Å². The standard InChI is InChI=1S/C31H40N4O2.C3H8/c1-5-9-22(3)25-14-18-27(19-15-25)32-21-26(6-2)33-30(36)20-24-12-16-28(17-13-24)34-31(37)35-29-11-8-7-10-23(29)4;1-3-2/h8-9,11-19,26,32H,5-7,10,20-21H2,1-4H3,(H,33,36)(H2,34,35,37);3H2,1-2H3/b22-9-;. The molecule has 6 nitrogen and oxygen atoms in total. The third-order valence-electron chi connectivity index (χ3n) is 6.52. The predicted molar refractivity (Wildman–Crippen MR) is 170 cm³/mol. The molecule has 0 saturated carbocycles. The van der Waals surface area contributed by atoms with Crippen molar-refractivity contribution in [3.8, 4) is 0 Å². The summed E-state index contributed by atoms with van der Waals surface area (Å²) in [6.45, 7) is 13.3. The summed E-state index contributed by atoms with van der Waals surface area (Å²) >= 11 is 0. The van der Waals surface area contributed by atoms with E-state index in [1.165, 1.54) is 23.1 Å². The minimum Gasteiger partial charge on any atom is -0.383 e. The molecule has 216 valence electrons. The second-order valence-corrected chi connectivity index (χ2v) is 10.2. The van der Waals surface area contributed by atoms with Crippen LogP contribution in [0.15, 0.2) is 78.0 Å². The molecule has 3 amide bonds. The Balaban J connectivity index is 0.00000178. The third kappa shape index (κ3) is 11.5. The van der Waals surface area contributed by atoms with Gasteiger partial charge in [0, 0.05) is 29.7 Å². The molecular formula is C34H48N4O2. The van der Waals surface area contributed by atoms with E-state index in [9.17, 15) is 9.59 Å². The van der Waals surface area contributed by atoms with Crippen molar-refractivity contribution in [3.63, 3.8) is 0 Å². The van der Waals surface area contributed by atoms with Crippen molar-refractivity contribution < 1.29 is 9.59 Å². The van der Waals surface area contributed by atoms with Crippen LogP contribution in [-0.2, 0) is 11.2 Å². The predicted octanol–water partition coefficient (Wildman–Crippen LogP) is 8.21. The van der Waals surface area contributed by atoms with E-state index < -0.39 is 0 Å². The van der Waals surface area contributed by atoms with Gasteiger partial charge in [-0.25, -0.2) is 4.79 Å². The quantitative estimate of drug-likeness (QED) is 0.230. The van der Waals surface area contributed by atoms with Crippen molar-refractivity contribution in [1.29, 1.82) is 0 Å². The molecule has 1 aliphatic carbocycles. The lowest BCUT2D eigenvalue weighted by molar-refractivity contribution is -0.121. The van der Waals surface area contributed by atoms with Crippen LogP contribution < -0.4 is 21.3 Å². The molecule has 0 heterocycles. The number of allylic oxidation sites excluding steroid dienone is 5. The first kappa shape index (κ1) is 32.4. The van der Waals surface area contributed by atoms with Gasteiger partial charge in [-0.3, -0.25) is 4.79 Å². The van der Waals surface area contributed by atoms with Crippen molar-refractivity contribution in [3.05, 3.63) is 89.2 Å². The van der Waals surface area contributed by atoms with Crippen LogP contribution in [0.1, 0.15) is 84.8 Å². The molecule has 0 aromatic heterocycles. The van der Waals surface area contributed by atoms with E-state index in [-0.39, 0.29) is 24.4 Å². The van der Waals surface area contributed by atoms with E-state index >= 15 is 0 Å². The first-order valence-electron chi connectivity index (χ1n) is 14.6. The molecule has 2 aromatic rings. The number of anilines is 2. The van der Waals surface area contributed by atoms with Crippen molar-refractivity contribution in [1.82, 2.24) is 10.6 Å². The number of amides is 3. The lowest BCUT2D eigenvalue weighted by Crippen LogP contribution is -2.40. The summed E-state index contributed by atoms with van der Waals surface area (Å²) in [6, 6.07) is 15.5. The minimum atomic E-state index is -0.271. The highest BCUT2D eigenvalue weighted by molar-refractivity contribution is 5.91. The van der Waals surface area contributed by atoms with Gasteiger partial charge in [0.15, 0.2) is 0 Å². The van der Waals surface area contributed by atoms with Crippen LogP contribution in [0.2, 0.25) is 0 Å². The Kier molecular flexibility index (Phi) is 14.4. The molecule has 1 atom stereocenters. The zero-order chi connectivity index (χ0) is 29.3. The highest BCUT2D eigenvalue weighted by Crippen LogP contribution is 2.18. The first-order valence-corrected chi connectivity index (χ1v) is 14.6. The van der Waals surface area contributed by atoms with Crippen LogP contribution in [0, 0.1) is 0 Å². The molecular weight excluding hydrogens is 496 g/mol. The molecule has 0 radical (unpaired) electrons. The van der Waals surface area contributed by atoms with Crippen molar-refractivity contribution in [2.45, 2.75) is 86.1 Å². The normalized spacial score (nSPS) is 13.6. The van der Waals surface area contributed by atoms with Crippen LogP contribution in [-0.4, -0.2) is 24.5 Å². The molecule has 1 aliphatic rings. The van der Waals surface area contributed by atoms with Crippen LogP contribution in [0.25, 0.3) is 5.57 Å². The number of benzene rings is 2. The molecule has 1 unspecified atom stereocenters. The van der Waals surface area contributed by atoms with Gasteiger partial charge in [0.2, 0.25) is 5.91 Å². The van der Waals surface area contributed by atoms with Gasteiger partial charge in [-0.15, -0.1) is 0 Å². The van der Waals surface area contributed by atoms with Gasteiger partial charge in [-0.05, 0) is 92.1 Å². The van der Waals surface area contributed by atoms with Crippen LogP contribution >= 0.6 is 0 Å². The summed E-state index contributed by atoms with van der Waals surface area (Å²) in [5, 5.41) is 12.3. The maximum atomic E-state index is 12.7. The van der Waals surface area contributed by atoms with Crippen molar-refractivity contribution in [2.75, 3.05) is 17.2 Å². The average Bonchev–Trinajstić information content (AvgIpc) is 2.94. The van der Waals surface area contributed by atoms with Gasteiger partial charge in [-0.2, -0.15) is 0 Å². The number of nitrogens with one attached hydrogen (secondary N) is 4. The number of hydrogen-bond acceptors (Lipinski definition) is 3. The Bertz CT molecular complexity index is 1160. The van der Waals surface area contributed by atoms with Crippen LogP contribution in [0.4, 0.5) is 16.2 Å². The molecule has 40 heavy (non-hydrogen) atoms. The summed E-state index contributed by atoms with van der Waals surface area (Å²) in [5.74, 6) is -0.0192. The SMILES string of the molecule is CC/C=C(/C)c1ccc(NCC(CC)NC(=O)Cc2ccc(NC(=O)NC3=C(C)CCC=C3)cc2)cc1.CCC. The zero-order valence-electron chi connectivity index (χ0n) is 25.2. The molecule has 4 N–H and O–H groups in total.